The molecule has 0 amide bonds. The van der Waals surface area contributed by atoms with Crippen LogP contribution in [0.15, 0.2) is 29.4 Å². The van der Waals surface area contributed by atoms with Crippen LogP contribution in [0.25, 0.3) is 5.70 Å². The van der Waals surface area contributed by atoms with E-state index in [4.69, 9.17) is 5.73 Å². The van der Waals surface area contributed by atoms with Crippen molar-refractivity contribution in [3.63, 3.8) is 0 Å². The molecule has 0 saturated carbocycles. The Labute approximate surface area is 97.1 Å². The Hall–Kier alpha value is -1.64. The van der Waals surface area contributed by atoms with E-state index in [1.165, 1.54) is 5.56 Å². The minimum atomic E-state index is 0.494. The molecule has 0 fully saturated rings. The summed E-state index contributed by atoms with van der Waals surface area (Å²) in [6.07, 6.45) is 5.37. The highest BCUT2D eigenvalue weighted by Crippen LogP contribution is 2.14. The highest BCUT2D eigenvalue weighted by atomic mass is 14.7. The second-order valence-corrected chi connectivity index (χ2v) is 3.90. The van der Waals surface area contributed by atoms with E-state index in [-0.39, 0.29) is 0 Å². The highest BCUT2D eigenvalue weighted by molar-refractivity contribution is 5.82. The van der Waals surface area contributed by atoms with Gasteiger partial charge in [0.25, 0.3) is 0 Å². The lowest BCUT2D eigenvalue weighted by Gasteiger charge is -2.05. The van der Waals surface area contributed by atoms with Crippen molar-refractivity contribution in [1.29, 1.82) is 0 Å². The summed E-state index contributed by atoms with van der Waals surface area (Å²) in [6, 6.07) is 4.01. The van der Waals surface area contributed by atoms with E-state index in [9.17, 15) is 0 Å². The van der Waals surface area contributed by atoms with Crippen molar-refractivity contribution in [2.24, 2.45) is 10.7 Å². The molecule has 0 aliphatic rings. The van der Waals surface area contributed by atoms with Crippen molar-refractivity contribution in [2.45, 2.75) is 26.7 Å². The molecule has 86 valence electrons. The fourth-order valence-corrected chi connectivity index (χ4v) is 1.24. The summed E-state index contributed by atoms with van der Waals surface area (Å²) in [6.45, 7) is 7.04. The summed E-state index contributed by atoms with van der Waals surface area (Å²) >= 11 is 0. The number of rotatable bonds is 4. The van der Waals surface area contributed by atoms with Crippen molar-refractivity contribution < 1.29 is 0 Å². The van der Waals surface area contributed by atoms with Crippen LogP contribution in [-0.2, 0) is 0 Å². The molecule has 1 aromatic heterocycles. The van der Waals surface area contributed by atoms with Gasteiger partial charge in [-0.2, -0.15) is 0 Å². The third-order valence-electron chi connectivity index (χ3n) is 2.29. The molecule has 0 bridgehead atoms. The highest BCUT2D eigenvalue weighted by Gasteiger charge is 2.01. The number of hydrogen-bond donors (Lipinski definition) is 1. The van der Waals surface area contributed by atoms with Crippen LogP contribution in [0.3, 0.4) is 0 Å². The molecule has 0 radical (unpaired) electrons. The van der Waals surface area contributed by atoms with E-state index in [1.807, 2.05) is 19.2 Å². The largest absolute Gasteiger partial charge is 0.397 e. The number of nitrogens with zero attached hydrogens (tertiary/aromatic N) is 2. The van der Waals surface area contributed by atoms with E-state index in [1.54, 1.807) is 12.3 Å². The monoisotopic (exact) mass is 217 g/mol. The molecule has 3 nitrogen and oxygen atoms in total. The molecule has 2 N–H and O–H groups in total. The van der Waals surface area contributed by atoms with Gasteiger partial charge in [-0.15, -0.1) is 0 Å². The molecule has 0 aliphatic carbocycles. The van der Waals surface area contributed by atoms with Crippen molar-refractivity contribution in [1.82, 2.24) is 4.98 Å². The predicted molar refractivity (Wildman–Crippen MR) is 69.5 cm³/mol. The van der Waals surface area contributed by atoms with E-state index in [0.29, 0.717) is 11.6 Å². The summed E-state index contributed by atoms with van der Waals surface area (Å²) in [4.78, 5) is 8.40. The van der Waals surface area contributed by atoms with Gasteiger partial charge in [-0.3, -0.25) is 9.98 Å². The van der Waals surface area contributed by atoms with E-state index in [0.717, 1.165) is 12.2 Å². The summed E-state index contributed by atoms with van der Waals surface area (Å²) < 4.78 is 0. The molecule has 3 heteroatoms. The average Bonchev–Trinajstić information content (AvgIpc) is 2.29. The quantitative estimate of drug-likeness (QED) is 0.788. The number of aliphatic imine (C=N–C) groups is 1. The predicted octanol–water partition coefficient (Wildman–Crippen LogP) is 2.60. The molecule has 1 rings (SSSR count). The van der Waals surface area contributed by atoms with Gasteiger partial charge in [-0.25, -0.2) is 0 Å². The van der Waals surface area contributed by atoms with Crippen LogP contribution in [-0.4, -0.2) is 17.7 Å². The minimum absolute atomic E-state index is 0.494. The Morgan fingerprint density at radius 1 is 1.50 bits per heavy atom. The fourth-order valence-electron chi connectivity index (χ4n) is 1.24. The van der Waals surface area contributed by atoms with Crippen LogP contribution in [0.4, 0.5) is 0 Å². The van der Waals surface area contributed by atoms with Crippen molar-refractivity contribution in [3.05, 3.63) is 35.7 Å². The molecule has 0 aromatic carbocycles. The molecule has 0 atom stereocenters. The molecule has 0 unspecified atom stereocenters. The normalized spacial score (nSPS) is 12.6. The lowest BCUT2D eigenvalue weighted by Crippen LogP contribution is -2.00. The van der Waals surface area contributed by atoms with Gasteiger partial charge in [0, 0.05) is 19.0 Å². The Morgan fingerprint density at radius 3 is 2.75 bits per heavy atom. The molecule has 0 spiro atoms. The first kappa shape index (κ1) is 12.4. The van der Waals surface area contributed by atoms with Gasteiger partial charge in [0.15, 0.2) is 0 Å². The summed E-state index contributed by atoms with van der Waals surface area (Å²) in [5, 5.41) is 0. The number of aromatic nitrogens is 1. The summed E-state index contributed by atoms with van der Waals surface area (Å²) in [5.74, 6) is 0.494. The summed E-state index contributed by atoms with van der Waals surface area (Å²) in [5.41, 5.74) is 8.53. The molecular weight excluding hydrogens is 198 g/mol. The Bertz CT molecular complexity index is 375. The Kier molecular flexibility index (Phi) is 4.70. The van der Waals surface area contributed by atoms with Crippen molar-refractivity contribution >= 4 is 11.9 Å². The van der Waals surface area contributed by atoms with Crippen LogP contribution in [0, 0.1) is 0 Å². The lowest BCUT2D eigenvalue weighted by molar-refractivity contribution is 0.857. The fraction of sp³-hybridized carbons (Fsp3) is 0.385. The van der Waals surface area contributed by atoms with Crippen LogP contribution < -0.4 is 5.73 Å². The number of allylic oxidation sites excluding steroid dienone is 1. The molecule has 1 heterocycles. The third kappa shape index (κ3) is 3.50. The Balaban J connectivity index is 2.81. The van der Waals surface area contributed by atoms with Gasteiger partial charge in [0.05, 0.1) is 11.4 Å². The zero-order chi connectivity index (χ0) is 12.0. The second-order valence-electron chi connectivity index (χ2n) is 3.90. The number of pyridine rings is 1. The second kappa shape index (κ2) is 6.05. The summed E-state index contributed by atoms with van der Waals surface area (Å²) in [7, 11) is 0. The SMILES string of the molecule is CCN=C/C=C(\N)c1ccc(C(C)C)cn1. The van der Waals surface area contributed by atoms with Gasteiger partial charge < -0.3 is 5.73 Å². The van der Waals surface area contributed by atoms with Crippen molar-refractivity contribution in [2.75, 3.05) is 6.54 Å². The molecule has 0 aliphatic heterocycles. The number of nitrogens with two attached hydrogens (primary N) is 1. The van der Waals surface area contributed by atoms with Crippen LogP contribution in [0.2, 0.25) is 0 Å². The van der Waals surface area contributed by atoms with E-state index in [2.05, 4.69) is 29.9 Å². The van der Waals surface area contributed by atoms with E-state index >= 15 is 0 Å². The minimum Gasteiger partial charge on any atom is -0.397 e. The third-order valence-corrected chi connectivity index (χ3v) is 2.29. The van der Waals surface area contributed by atoms with Crippen LogP contribution in [0.5, 0.6) is 0 Å². The maximum absolute atomic E-state index is 5.87. The number of hydrogen-bond acceptors (Lipinski definition) is 3. The smallest absolute Gasteiger partial charge is 0.0859 e. The van der Waals surface area contributed by atoms with Gasteiger partial charge in [-0.05, 0) is 30.5 Å². The standard InChI is InChI=1S/C13H19N3/c1-4-15-8-7-12(14)13-6-5-11(9-16-13)10(2)3/h5-10H,4,14H2,1-3H3/b12-7-,15-8?. The maximum atomic E-state index is 5.87. The molecule has 1 aromatic rings. The lowest BCUT2D eigenvalue weighted by atomic mass is 10.1. The first-order valence-electron chi connectivity index (χ1n) is 5.57. The van der Waals surface area contributed by atoms with Gasteiger partial charge in [0.1, 0.15) is 0 Å². The molecule has 0 saturated heterocycles. The molecular formula is C13H19N3. The zero-order valence-electron chi connectivity index (χ0n) is 10.1. The first-order valence-corrected chi connectivity index (χ1v) is 5.57. The van der Waals surface area contributed by atoms with Crippen LogP contribution in [0.1, 0.15) is 37.9 Å². The average molecular weight is 217 g/mol. The first-order chi connectivity index (χ1) is 7.65. The van der Waals surface area contributed by atoms with Gasteiger partial charge in [-0.1, -0.05) is 19.9 Å². The van der Waals surface area contributed by atoms with Crippen LogP contribution >= 0.6 is 0 Å². The van der Waals surface area contributed by atoms with Crippen molar-refractivity contribution in [3.8, 4) is 0 Å². The van der Waals surface area contributed by atoms with Gasteiger partial charge >= 0.3 is 0 Å². The van der Waals surface area contributed by atoms with Gasteiger partial charge in [0.2, 0.25) is 0 Å². The Morgan fingerprint density at radius 2 is 2.25 bits per heavy atom. The zero-order valence-corrected chi connectivity index (χ0v) is 10.1. The molecule has 16 heavy (non-hydrogen) atoms. The topological polar surface area (TPSA) is 51.3 Å². The maximum Gasteiger partial charge on any atom is 0.0859 e. The van der Waals surface area contributed by atoms with E-state index < -0.39 is 0 Å².